The van der Waals surface area contributed by atoms with Crippen molar-refractivity contribution in [2.45, 2.75) is 12.8 Å². The van der Waals surface area contributed by atoms with Gasteiger partial charge in [0.15, 0.2) is 5.82 Å². The molecule has 0 radical (unpaired) electrons. The summed E-state index contributed by atoms with van der Waals surface area (Å²) in [6, 6.07) is 4.50. The summed E-state index contributed by atoms with van der Waals surface area (Å²) in [5.41, 5.74) is 4.31. The van der Waals surface area contributed by atoms with Gasteiger partial charge in [0.1, 0.15) is 17.8 Å². The van der Waals surface area contributed by atoms with E-state index in [2.05, 4.69) is 20.4 Å². The SMILES string of the molecule is O=C1CCCN1Nc1ncnc2[nH]c3cc(F)ccc3c12. The minimum absolute atomic E-state index is 0.0487. The Morgan fingerprint density at radius 3 is 3.05 bits per heavy atom. The van der Waals surface area contributed by atoms with Crippen LogP contribution in [0.4, 0.5) is 10.2 Å². The zero-order valence-electron chi connectivity index (χ0n) is 11.1. The highest BCUT2D eigenvalue weighted by molar-refractivity contribution is 6.11. The first-order chi connectivity index (χ1) is 10.2. The molecule has 0 aliphatic carbocycles. The second kappa shape index (κ2) is 4.41. The van der Waals surface area contributed by atoms with Crippen molar-refractivity contribution >= 4 is 33.7 Å². The van der Waals surface area contributed by atoms with Gasteiger partial charge in [0, 0.05) is 18.4 Å². The van der Waals surface area contributed by atoms with E-state index in [0.717, 1.165) is 17.2 Å². The van der Waals surface area contributed by atoms with Gasteiger partial charge >= 0.3 is 0 Å². The summed E-state index contributed by atoms with van der Waals surface area (Å²) in [4.78, 5) is 23.2. The number of rotatable bonds is 2. The number of nitrogens with one attached hydrogen (secondary N) is 2. The quantitative estimate of drug-likeness (QED) is 0.757. The van der Waals surface area contributed by atoms with Crippen molar-refractivity contribution in [3.8, 4) is 0 Å². The van der Waals surface area contributed by atoms with Crippen LogP contribution >= 0.6 is 0 Å². The van der Waals surface area contributed by atoms with Gasteiger partial charge in [-0.3, -0.25) is 15.2 Å². The molecule has 0 spiro atoms. The molecule has 1 fully saturated rings. The van der Waals surface area contributed by atoms with Crippen LogP contribution in [0.1, 0.15) is 12.8 Å². The Labute approximate surface area is 119 Å². The monoisotopic (exact) mass is 285 g/mol. The van der Waals surface area contributed by atoms with E-state index in [4.69, 9.17) is 0 Å². The fourth-order valence-electron chi connectivity index (χ4n) is 2.68. The molecule has 1 aliphatic rings. The zero-order valence-corrected chi connectivity index (χ0v) is 11.1. The summed E-state index contributed by atoms with van der Waals surface area (Å²) in [7, 11) is 0. The van der Waals surface area contributed by atoms with Crippen LogP contribution in [0.15, 0.2) is 24.5 Å². The first-order valence-corrected chi connectivity index (χ1v) is 6.71. The zero-order chi connectivity index (χ0) is 14.4. The van der Waals surface area contributed by atoms with E-state index in [0.29, 0.717) is 29.9 Å². The number of hydrogen-bond donors (Lipinski definition) is 2. The van der Waals surface area contributed by atoms with E-state index in [1.807, 2.05) is 0 Å². The maximum atomic E-state index is 13.3. The van der Waals surface area contributed by atoms with Gasteiger partial charge in [0.05, 0.1) is 10.9 Å². The lowest BCUT2D eigenvalue weighted by Gasteiger charge is -2.17. The molecule has 1 saturated heterocycles. The Balaban J connectivity index is 1.88. The van der Waals surface area contributed by atoms with E-state index in [-0.39, 0.29) is 11.7 Å². The van der Waals surface area contributed by atoms with Crippen molar-refractivity contribution in [3.63, 3.8) is 0 Å². The molecule has 1 aromatic carbocycles. The number of anilines is 1. The number of aromatic nitrogens is 3. The number of benzene rings is 1. The number of carbonyl (C=O) groups is 1. The van der Waals surface area contributed by atoms with Crippen LogP contribution in [0.3, 0.4) is 0 Å². The lowest BCUT2D eigenvalue weighted by Crippen LogP contribution is -2.31. The number of hydrazine groups is 1. The predicted molar refractivity (Wildman–Crippen MR) is 75.9 cm³/mol. The molecule has 3 heterocycles. The summed E-state index contributed by atoms with van der Waals surface area (Å²) in [5, 5.41) is 3.14. The molecule has 6 nitrogen and oxygen atoms in total. The van der Waals surface area contributed by atoms with Crippen molar-refractivity contribution in [3.05, 3.63) is 30.3 Å². The Morgan fingerprint density at radius 1 is 1.33 bits per heavy atom. The molecule has 3 aromatic rings. The minimum Gasteiger partial charge on any atom is -0.339 e. The maximum absolute atomic E-state index is 13.3. The van der Waals surface area contributed by atoms with Crippen LogP contribution in [0.25, 0.3) is 21.9 Å². The predicted octanol–water partition coefficient (Wildman–Crippen LogP) is 2.20. The smallest absolute Gasteiger partial charge is 0.241 e. The van der Waals surface area contributed by atoms with E-state index >= 15 is 0 Å². The van der Waals surface area contributed by atoms with Gasteiger partial charge in [-0.1, -0.05) is 0 Å². The fourth-order valence-corrected chi connectivity index (χ4v) is 2.68. The number of hydrogen-bond acceptors (Lipinski definition) is 4. The standard InChI is InChI=1S/C14H12FN5O/c15-8-3-4-9-10(6-8)18-13-12(9)14(17-7-16-13)19-20-5-1-2-11(20)21/h3-4,6-7H,1-2,5H2,(H2,16,17,18,19). The summed E-state index contributed by atoms with van der Waals surface area (Å²) < 4.78 is 13.3. The van der Waals surface area contributed by atoms with E-state index < -0.39 is 0 Å². The summed E-state index contributed by atoms with van der Waals surface area (Å²) >= 11 is 0. The van der Waals surface area contributed by atoms with Gasteiger partial charge in [-0.2, -0.15) is 0 Å². The third-order valence-electron chi connectivity index (χ3n) is 3.67. The average Bonchev–Trinajstić information content (AvgIpc) is 3.02. The first-order valence-electron chi connectivity index (χ1n) is 6.71. The van der Waals surface area contributed by atoms with Crippen LogP contribution < -0.4 is 5.43 Å². The second-order valence-corrected chi connectivity index (χ2v) is 5.02. The molecule has 0 unspecified atom stereocenters. The summed E-state index contributed by atoms with van der Waals surface area (Å²) in [6.45, 7) is 0.654. The number of amides is 1. The van der Waals surface area contributed by atoms with Crippen molar-refractivity contribution in [1.82, 2.24) is 20.0 Å². The van der Waals surface area contributed by atoms with Crippen LogP contribution in [0.5, 0.6) is 0 Å². The molecule has 4 rings (SSSR count). The van der Waals surface area contributed by atoms with E-state index in [1.165, 1.54) is 18.5 Å². The largest absolute Gasteiger partial charge is 0.339 e. The Hall–Kier alpha value is -2.70. The van der Waals surface area contributed by atoms with Crippen molar-refractivity contribution in [2.75, 3.05) is 12.0 Å². The number of nitrogens with zero attached hydrogens (tertiary/aromatic N) is 3. The molecule has 1 aliphatic heterocycles. The number of carbonyl (C=O) groups excluding carboxylic acids is 1. The molecular formula is C14H12FN5O. The lowest BCUT2D eigenvalue weighted by molar-refractivity contribution is -0.126. The first kappa shape index (κ1) is 12.1. The van der Waals surface area contributed by atoms with Gasteiger partial charge in [0.2, 0.25) is 5.91 Å². The molecule has 21 heavy (non-hydrogen) atoms. The fraction of sp³-hybridized carbons (Fsp3) is 0.214. The Morgan fingerprint density at radius 2 is 2.24 bits per heavy atom. The molecule has 0 saturated carbocycles. The highest BCUT2D eigenvalue weighted by Crippen LogP contribution is 2.29. The van der Waals surface area contributed by atoms with Crippen molar-refractivity contribution in [1.29, 1.82) is 0 Å². The number of H-pyrrole nitrogens is 1. The summed E-state index contributed by atoms with van der Waals surface area (Å²) in [5.74, 6) is 0.284. The Kier molecular flexibility index (Phi) is 2.53. The summed E-state index contributed by atoms with van der Waals surface area (Å²) in [6.07, 6.45) is 2.79. The van der Waals surface area contributed by atoms with Gasteiger partial charge < -0.3 is 4.98 Å². The van der Waals surface area contributed by atoms with E-state index in [9.17, 15) is 9.18 Å². The molecule has 106 valence electrons. The normalized spacial score (nSPS) is 15.3. The third kappa shape index (κ3) is 1.89. The van der Waals surface area contributed by atoms with Crippen LogP contribution in [0, 0.1) is 5.82 Å². The molecule has 0 atom stereocenters. The molecule has 1 amide bonds. The third-order valence-corrected chi connectivity index (χ3v) is 3.67. The number of halogens is 1. The van der Waals surface area contributed by atoms with Crippen LogP contribution in [-0.2, 0) is 4.79 Å². The minimum atomic E-state index is -0.314. The van der Waals surface area contributed by atoms with Gasteiger partial charge in [-0.05, 0) is 24.6 Å². The van der Waals surface area contributed by atoms with Gasteiger partial charge in [-0.25, -0.2) is 14.4 Å². The van der Waals surface area contributed by atoms with Gasteiger partial charge in [0.25, 0.3) is 0 Å². The second-order valence-electron chi connectivity index (χ2n) is 5.02. The van der Waals surface area contributed by atoms with Crippen LogP contribution in [0.2, 0.25) is 0 Å². The maximum Gasteiger partial charge on any atom is 0.241 e. The molecule has 7 heteroatoms. The molecular weight excluding hydrogens is 273 g/mol. The molecule has 2 N–H and O–H groups in total. The number of fused-ring (bicyclic) bond motifs is 3. The average molecular weight is 285 g/mol. The molecule has 0 bridgehead atoms. The highest BCUT2D eigenvalue weighted by atomic mass is 19.1. The Bertz CT molecular complexity index is 859. The highest BCUT2D eigenvalue weighted by Gasteiger charge is 2.22. The van der Waals surface area contributed by atoms with Crippen molar-refractivity contribution in [2.24, 2.45) is 0 Å². The van der Waals surface area contributed by atoms with Gasteiger partial charge in [-0.15, -0.1) is 0 Å². The van der Waals surface area contributed by atoms with Crippen molar-refractivity contribution < 1.29 is 9.18 Å². The van der Waals surface area contributed by atoms with Crippen LogP contribution in [-0.4, -0.2) is 32.4 Å². The van der Waals surface area contributed by atoms with E-state index in [1.54, 1.807) is 11.1 Å². The topological polar surface area (TPSA) is 73.9 Å². The molecule has 2 aromatic heterocycles. The lowest BCUT2D eigenvalue weighted by atomic mass is 10.2. The number of aromatic amines is 1.